The van der Waals surface area contributed by atoms with Crippen LogP contribution in [0.5, 0.6) is 0 Å². The van der Waals surface area contributed by atoms with Crippen LogP contribution in [0.4, 0.5) is 17.1 Å². The minimum Gasteiger partial charge on any atom is -0.310 e. The lowest BCUT2D eigenvalue weighted by molar-refractivity contribution is 0.660. The zero-order valence-corrected chi connectivity index (χ0v) is 34.8. The van der Waals surface area contributed by atoms with Gasteiger partial charge in [-0.1, -0.05) is 144 Å². The van der Waals surface area contributed by atoms with Crippen LogP contribution in [0.15, 0.2) is 170 Å². The van der Waals surface area contributed by atoms with E-state index in [1.165, 1.54) is 108 Å². The number of aryl methyl sites for hydroxylation is 2. The first kappa shape index (κ1) is 36.9. The van der Waals surface area contributed by atoms with Gasteiger partial charge < -0.3 is 9.47 Å². The quantitative estimate of drug-likeness (QED) is 0.127. The fourth-order valence-electron chi connectivity index (χ4n) is 9.78. The minimum atomic E-state index is -0.238. The number of hydrogen-bond donors (Lipinski definition) is 0. The molecule has 0 radical (unpaired) electrons. The number of anilines is 3. The van der Waals surface area contributed by atoms with Crippen LogP contribution in [-0.2, 0) is 18.3 Å². The largest absolute Gasteiger partial charge is 0.310 e. The summed E-state index contributed by atoms with van der Waals surface area (Å²) in [5.74, 6) is 0. The molecule has 0 saturated carbocycles. The molecule has 1 heterocycles. The first-order chi connectivity index (χ1) is 28.9. The van der Waals surface area contributed by atoms with Gasteiger partial charge in [0.05, 0.1) is 16.7 Å². The maximum Gasteiger partial charge on any atom is 0.0544 e. The van der Waals surface area contributed by atoms with E-state index in [0.717, 1.165) is 29.9 Å². The molecule has 8 aromatic carbocycles. The molecule has 9 aromatic rings. The summed E-state index contributed by atoms with van der Waals surface area (Å²) >= 11 is 0. The predicted octanol–water partition coefficient (Wildman–Crippen LogP) is 16.1. The van der Waals surface area contributed by atoms with Crippen molar-refractivity contribution < 1.29 is 0 Å². The molecule has 2 nitrogen and oxygen atoms in total. The minimum absolute atomic E-state index is 0.238. The summed E-state index contributed by atoms with van der Waals surface area (Å²) in [4.78, 5) is 2.40. The van der Waals surface area contributed by atoms with Crippen molar-refractivity contribution in [2.75, 3.05) is 4.90 Å². The van der Waals surface area contributed by atoms with Crippen LogP contribution < -0.4 is 4.90 Å². The molecule has 0 aliphatic heterocycles. The van der Waals surface area contributed by atoms with Gasteiger partial charge in [-0.05, 0) is 142 Å². The van der Waals surface area contributed by atoms with Gasteiger partial charge >= 0.3 is 0 Å². The molecule has 1 aliphatic carbocycles. The van der Waals surface area contributed by atoms with Crippen LogP contribution in [0, 0.1) is 0 Å². The van der Waals surface area contributed by atoms with E-state index in [2.05, 4.69) is 207 Å². The molecular formula is C57H52N2. The zero-order chi connectivity index (χ0) is 40.1. The molecule has 0 bridgehead atoms. The number of benzene rings is 8. The van der Waals surface area contributed by atoms with Crippen molar-refractivity contribution in [2.45, 2.75) is 71.6 Å². The number of nitrogens with zero attached hydrogens (tertiary/aromatic N) is 2. The lowest BCUT2D eigenvalue weighted by atomic mass is 9.81. The SMILES string of the molecule is CCCCc1ccc2c(c1)c1cc(CCCC)ccc1n2-c1cc2c(c3ccccc13)-c1ccc(N(c3ccccc3)c3ccc(-c4ccccc4)cc3)cc1C2(C)C. The second-order valence-corrected chi connectivity index (χ2v) is 17.0. The average Bonchev–Trinajstić information content (AvgIpc) is 3.72. The molecular weight excluding hydrogens is 713 g/mol. The molecule has 1 aliphatic rings. The van der Waals surface area contributed by atoms with Crippen molar-refractivity contribution in [2.24, 2.45) is 0 Å². The molecule has 2 heteroatoms. The first-order valence-corrected chi connectivity index (χ1v) is 21.7. The van der Waals surface area contributed by atoms with Gasteiger partial charge in [0.15, 0.2) is 0 Å². The summed E-state index contributed by atoms with van der Waals surface area (Å²) in [5, 5.41) is 5.32. The Morgan fingerprint density at radius 1 is 0.458 bits per heavy atom. The van der Waals surface area contributed by atoms with Gasteiger partial charge in [-0.15, -0.1) is 0 Å². The second kappa shape index (κ2) is 15.1. The van der Waals surface area contributed by atoms with Gasteiger partial charge in [0, 0.05) is 38.6 Å². The Balaban J connectivity index is 1.14. The van der Waals surface area contributed by atoms with Gasteiger partial charge in [-0.25, -0.2) is 0 Å². The smallest absolute Gasteiger partial charge is 0.0544 e. The van der Waals surface area contributed by atoms with Crippen LogP contribution >= 0.6 is 0 Å². The van der Waals surface area contributed by atoms with Crippen molar-refractivity contribution in [1.82, 2.24) is 4.57 Å². The van der Waals surface area contributed by atoms with Gasteiger partial charge in [-0.3, -0.25) is 0 Å². The summed E-state index contributed by atoms with van der Waals surface area (Å²) < 4.78 is 2.57. The predicted molar refractivity (Wildman–Crippen MR) is 253 cm³/mol. The molecule has 0 atom stereocenters. The van der Waals surface area contributed by atoms with Crippen LogP contribution in [0.25, 0.3) is 60.5 Å². The first-order valence-electron chi connectivity index (χ1n) is 21.7. The normalized spacial score (nSPS) is 12.9. The maximum absolute atomic E-state index is 2.57. The number of fused-ring (bicyclic) bond motifs is 8. The number of hydrogen-bond acceptors (Lipinski definition) is 1. The molecule has 0 amide bonds. The van der Waals surface area contributed by atoms with E-state index in [1.54, 1.807) is 0 Å². The van der Waals surface area contributed by atoms with Gasteiger partial charge in [0.2, 0.25) is 0 Å². The van der Waals surface area contributed by atoms with Gasteiger partial charge in [0.1, 0.15) is 0 Å². The number of rotatable bonds is 11. The van der Waals surface area contributed by atoms with Crippen molar-refractivity contribution in [1.29, 1.82) is 0 Å². The van der Waals surface area contributed by atoms with Crippen LogP contribution in [-0.4, -0.2) is 4.57 Å². The highest BCUT2D eigenvalue weighted by atomic mass is 15.1. The third kappa shape index (κ3) is 6.34. The Bertz CT molecular complexity index is 2900. The average molecular weight is 765 g/mol. The summed E-state index contributed by atoms with van der Waals surface area (Å²) in [6, 6.07) is 63.7. The van der Waals surface area contributed by atoms with Gasteiger partial charge in [-0.2, -0.15) is 0 Å². The number of aromatic nitrogens is 1. The standard InChI is InChI=1S/C57H52N2/c1-5-7-17-39-25-33-53-49(35-39)50-36-40(18-8-6-2)26-34-54(50)59(53)55-38-52-56(47-24-16-15-23-46(47)55)48-32-31-45(37-51(48)57(52,3)4)58(43-21-13-10-14-22-43)44-29-27-42(28-30-44)41-19-11-9-12-20-41/h9-16,19-38H,5-8,17-18H2,1-4H3. The highest BCUT2D eigenvalue weighted by Gasteiger charge is 2.38. The molecule has 0 spiro atoms. The van der Waals surface area contributed by atoms with E-state index >= 15 is 0 Å². The summed E-state index contributed by atoms with van der Waals surface area (Å²) in [7, 11) is 0. The molecule has 59 heavy (non-hydrogen) atoms. The monoisotopic (exact) mass is 764 g/mol. The Morgan fingerprint density at radius 2 is 1.00 bits per heavy atom. The van der Waals surface area contributed by atoms with Crippen LogP contribution in [0.3, 0.4) is 0 Å². The highest BCUT2D eigenvalue weighted by Crippen LogP contribution is 2.54. The summed E-state index contributed by atoms with van der Waals surface area (Å²) in [5.41, 5.74) is 17.8. The molecule has 0 N–H and O–H groups in total. The lowest BCUT2D eigenvalue weighted by Gasteiger charge is -2.28. The topological polar surface area (TPSA) is 8.17 Å². The third-order valence-corrected chi connectivity index (χ3v) is 12.9. The van der Waals surface area contributed by atoms with Crippen molar-refractivity contribution >= 4 is 49.6 Å². The second-order valence-electron chi connectivity index (χ2n) is 17.0. The Labute approximate surface area is 349 Å². The molecule has 10 rings (SSSR count). The van der Waals surface area contributed by atoms with Gasteiger partial charge in [0.25, 0.3) is 0 Å². The lowest BCUT2D eigenvalue weighted by Crippen LogP contribution is -2.17. The van der Waals surface area contributed by atoms with E-state index in [1.807, 2.05) is 0 Å². The Morgan fingerprint density at radius 3 is 1.63 bits per heavy atom. The zero-order valence-electron chi connectivity index (χ0n) is 34.8. The van der Waals surface area contributed by atoms with E-state index in [-0.39, 0.29) is 5.41 Å². The van der Waals surface area contributed by atoms with Crippen LogP contribution in [0.2, 0.25) is 0 Å². The molecule has 0 saturated heterocycles. The molecule has 0 unspecified atom stereocenters. The highest BCUT2D eigenvalue weighted by molar-refractivity contribution is 6.13. The summed E-state index contributed by atoms with van der Waals surface area (Å²) in [6.45, 7) is 9.42. The van der Waals surface area contributed by atoms with E-state index in [0.29, 0.717) is 0 Å². The summed E-state index contributed by atoms with van der Waals surface area (Å²) in [6.07, 6.45) is 7.06. The Kier molecular flexibility index (Phi) is 9.45. The molecule has 1 aromatic heterocycles. The molecule has 0 fully saturated rings. The van der Waals surface area contributed by atoms with Crippen molar-refractivity contribution in [3.8, 4) is 27.9 Å². The van der Waals surface area contributed by atoms with Crippen molar-refractivity contribution in [3.05, 3.63) is 192 Å². The molecule has 290 valence electrons. The fraction of sp³-hybridized carbons (Fsp3) is 0.193. The van der Waals surface area contributed by atoms with E-state index < -0.39 is 0 Å². The van der Waals surface area contributed by atoms with Crippen molar-refractivity contribution in [3.63, 3.8) is 0 Å². The Hall–Kier alpha value is -6.38. The number of para-hydroxylation sites is 1. The van der Waals surface area contributed by atoms with E-state index in [4.69, 9.17) is 0 Å². The maximum atomic E-state index is 2.57. The third-order valence-electron chi connectivity index (χ3n) is 12.9. The fourth-order valence-corrected chi connectivity index (χ4v) is 9.78. The van der Waals surface area contributed by atoms with Crippen LogP contribution in [0.1, 0.15) is 75.6 Å². The number of unbranched alkanes of at least 4 members (excludes halogenated alkanes) is 2. The van der Waals surface area contributed by atoms with E-state index in [9.17, 15) is 0 Å².